The highest BCUT2D eigenvalue weighted by Gasteiger charge is 2.36. The van der Waals surface area contributed by atoms with Gasteiger partial charge in [0.25, 0.3) is 0 Å². The molecule has 0 aromatic rings. The number of methoxy groups -OCH3 is 1. The van der Waals surface area contributed by atoms with Crippen LogP contribution in [0.1, 0.15) is 26.7 Å². The van der Waals surface area contributed by atoms with Crippen LogP contribution < -0.4 is 5.32 Å². The second-order valence-corrected chi connectivity index (χ2v) is 4.50. The number of carbonyl (C=O) groups is 1. The van der Waals surface area contributed by atoms with E-state index in [1.165, 1.54) is 0 Å². The Morgan fingerprint density at radius 3 is 2.57 bits per heavy atom. The van der Waals surface area contributed by atoms with E-state index in [0.29, 0.717) is 12.5 Å². The number of aliphatic carboxylic acids is 1. The number of ether oxygens (including phenoxy) is 1. The van der Waals surface area contributed by atoms with Crippen LogP contribution in [-0.4, -0.2) is 36.4 Å². The fraction of sp³-hybridized carbons (Fsp3) is 0.900. The summed E-state index contributed by atoms with van der Waals surface area (Å²) in [6.45, 7) is 4.44. The Morgan fingerprint density at radius 2 is 2.21 bits per heavy atom. The third-order valence-electron chi connectivity index (χ3n) is 2.66. The lowest BCUT2D eigenvalue weighted by molar-refractivity contribution is -0.140. The molecule has 82 valence electrons. The first-order valence-electron chi connectivity index (χ1n) is 4.97. The van der Waals surface area contributed by atoms with Crippen LogP contribution >= 0.6 is 0 Å². The predicted octanol–water partition coefficient (Wildman–Crippen LogP) is 0.864. The summed E-state index contributed by atoms with van der Waals surface area (Å²) in [7, 11) is 1.63. The first-order chi connectivity index (χ1) is 6.46. The molecule has 2 N–H and O–H groups in total. The quantitative estimate of drug-likeness (QED) is 0.669. The minimum atomic E-state index is -0.751. The summed E-state index contributed by atoms with van der Waals surface area (Å²) in [5, 5.41) is 12.0. The summed E-state index contributed by atoms with van der Waals surface area (Å²) >= 11 is 0. The van der Waals surface area contributed by atoms with E-state index in [9.17, 15) is 4.79 Å². The van der Waals surface area contributed by atoms with Gasteiger partial charge in [-0.25, -0.2) is 0 Å². The molecule has 0 amide bonds. The number of rotatable bonds is 6. The third-order valence-corrected chi connectivity index (χ3v) is 2.66. The third kappa shape index (κ3) is 3.27. The number of carboxylic acid groups (broad SMARTS) is 1. The highest BCUT2D eigenvalue weighted by Crippen LogP contribution is 2.32. The van der Waals surface area contributed by atoms with E-state index in [-0.39, 0.29) is 5.60 Å². The van der Waals surface area contributed by atoms with Crippen LogP contribution in [0.5, 0.6) is 0 Å². The standard InChI is InChI=1S/C10H19NO3/c1-10(2,14-3)6-11-8(9(12)13)7-4-5-7/h7-8,11H,4-6H2,1-3H3,(H,12,13). The minimum Gasteiger partial charge on any atom is -0.480 e. The van der Waals surface area contributed by atoms with Crippen molar-refractivity contribution in [2.45, 2.75) is 38.3 Å². The highest BCUT2D eigenvalue weighted by molar-refractivity contribution is 5.74. The summed E-state index contributed by atoms with van der Waals surface area (Å²) < 4.78 is 5.21. The van der Waals surface area contributed by atoms with Crippen molar-refractivity contribution >= 4 is 5.97 Å². The second kappa shape index (κ2) is 4.28. The molecule has 0 aromatic carbocycles. The normalized spacial score (nSPS) is 19.4. The SMILES string of the molecule is COC(C)(C)CNC(C(=O)O)C1CC1. The van der Waals surface area contributed by atoms with Gasteiger partial charge >= 0.3 is 5.97 Å². The fourth-order valence-corrected chi connectivity index (χ4v) is 1.31. The van der Waals surface area contributed by atoms with Crippen LogP contribution in [0.3, 0.4) is 0 Å². The van der Waals surface area contributed by atoms with Gasteiger partial charge in [0.1, 0.15) is 6.04 Å². The smallest absolute Gasteiger partial charge is 0.320 e. The van der Waals surface area contributed by atoms with Crippen molar-refractivity contribution in [3.8, 4) is 0 Å². The number of carboxylic acids is 1. The van der Waals surface area contributed by atoms with E-state index in [0.717, 1.165) is 12.8 Å². The molecule has 1 saturated carbocycles. The predicted molar refractivity (Wildman–Crippen MR) is 53.2 cm³/mol. The molecule has 0 radical (unpaired) electrons. The zero-order chi connectivity index (χ0) is 10.8. The van der Waals surface area contributed by atoms with Gasteiger partial charge in [-0.15, -0.1) is 0 Å². The Labute approximate surface area is 84.6 Å². The average molecular weight is 201 g/mol. The monoisotopic (exact) mass is 201 g/mol. The van der Waals surface area contributed by atoms with Gasteiger partial charge in [-0.05, 0) is 32.6 Å². The molecular weight excluding hydrogens is 182 g/mol. The zero-order valence-electron chi connectivity index (χ0n) is 9.04. The number of nitrogens with one attached hydrogen (secondary N) is 1. The Hall–Kier alpha value is -0.610. The molecule has 0 saturated heterocycles. The molecule has 1 unspecified atom stereocenters. The Bertz CT molecular complexity index is 211. The van der Waals surface area contributed by atoms with E-state index >= 15 is 0 Å². The average Bonchev–Trinajstić information content (AvgIpc) is 2.88. The summed E-state index contributed by atoms with van der Waals surface area (Å²) in [5.74, 6) is -0.431. The van der Waals surface area contributed by atoms with E-state index in [1.54, 1.807) is 7.11 Å². The molecule has 1 rings (SSSR count). The van der Waals surface area contributed by atoms with Crippen molar-refractivity contribution in [3.63, 3.8) is 0 Å². The molecule has 0 aliphatic heterocycles. The second-order valence-electron chi connectivity index (χ2n) is 4.50. The van der Waals surface area contributed by atoms with Crippen LogP contribution in [-0.2, 0) is 9.53 Å². The molecule has 14 heavy (non-hydrogen) atoms. The number of hydrogen-bond acceptors (Lipinski definition) is 3. The molecule has 1 fully saturated rings. The van der Waals surface area contributed by atoms with E-state index in [2.05, 4.69) is 5.32 Å². The molecule has 1 aliphatic rings. The Kier molecular flexibility index (Phi) is 3.50. The summed E-state index contributed by atoms with van der Waals surface area (Å²) in [4.78, 5) is 10.9. The molecule has 0 aromatic heterocycles. The van der Waals surface area contributed by atoms with Gasteiger partial charge in [0, 0.05) is 13.7 Å². The maximum absolute atomic E-state index is 10.9. The molecule has 4 heteroatoms. The topological polar surface area (TPSA) is 58.6 Å². The Morgan fingerprint density at radius 1 is 1.64 bits per heavy atom. The van der Waals surface area contributed by atoms with Gasteiger partial charge in [0.15, 0.2) is 0 Å². The maximum Gasteiger partial charge on any atom is 0.320 e. The maximum atomic E-state index is 10.9. The Balaban J connectivity index is 2.37. The summed E-state index contributed by atoms with van der Waals surface area (Å²) in [5.41, 5.74) is -0.303. The van der Waals surface area contributed by atoms with Crippen LogP contribution in [0.25, 0.3) is 0 Å². The van der Waals surface area contributed by atoms with Crippen molar-refractivity contribution in [1.82, 2.24) is 5.32 Å². The highest BCUT2D eigenvalue weighted by atomic mass is 16.5. The van der Waals surface area contributed by atoms with Crippen LogP contribution in [0.4, 0.5) is 0 Å². The van der Waals surface area contributed by atoms with Gasteiger partial charge in [-0.1, -0.05) is 0 Å². The molecule has 0 bridgehead atoms. The van der Waals surface area contributed by atoms with Crippen LogP contribution in [0, 0.1) is 5.92 Å². The summed E-state index contributed by atoms with van der Waals surface area (Å²) in [6, 6.07) is -0.399. The van der Waals surface area contributed by atoms with E-state index < -0.39 is 12.0 Å². The van der Waals surface area contributed by atoms with Crippen molar-refractivity contribution in [2.75, 3.05) is 13.7 Å². The van der Waals surface area contributed by atoms with Crippen molar-refractivity contribution in [3.05, 3.63) is 0 Å². The lowest BCUT2D eigenvalue weighted by Crippen LogP contribution is -2.46. The van der Waals surface area contributed by atoms with Crippen LogP contribution in [0.2, 0.25) is 0 Å². The minimum absolute atomic E-state index is 0.303. The fourth-order valence-electron chi connectivity index (χ4n) is 1.31. The van der Waals surface area contributed by atoms with Gasteiger partial charge in [0.05, 0.1) is 5.60 Å². The van der Waals surface area contributed by atoms with Crippen molar-refractivity contribution < 1.29 is 14.6 Å². The molecule has 1 aliphatic carbocycles. The van der Waals surface area contributed by atoms with Gasteiger partial charge in [0.2, 0.25) is 0 Å². The van der Waals surface area contributed by atoms with Gasteiger partial charge in [-0.2, -0.15) is 0 Å². The molecule has 4 nitrogen and oxygen atoms in total. The first-order valence-corrected chi connectivity index (χ1v) is 4.97. The first kappa shape index (κ1) is 11.5. The van der Waals surface area contributed by atoms with Gasteiger partial charge in [-0.3, -0.25) is 4.79 Å². The van der Waals surface area contributed by atoms with E-state index in [1.807, 2.05) is 13.8 Å². The molecule has 0 heterocycles. The molecule has 0 spiro atoms. The molecule has 1 atom stereocenters. The van der Waals surface area contributed by atoms with Crippen molar-refractivity contribution in [1.29, 1.82) is 0 Å². The van der Waals surface area contributed by atoms with Crippen LogP contribution in [0.15, 0.2) is 0 Å². The lowest BCUT2D eigenvalue weighted by Gasteiger charge is -2.25. The van der Waals surface area contributed by atoms with E-state index in [4.69, 9.17) is 9.84 Å². The van der Waals surface area contributed by atoms with Crippen molar-refractivity contribution in [2.24, 2.45) is 5.92 Å². The molecular formula is C10H19NO3. The summed E-state index contributed by atoms with van der Waals surface area (Å²) in [6.07, 6.45) is 2.05. The number of hydrogen-bond donors (Lipinski definition) is 2. The van der Waals surface area contributed by atoms with Gasteiger partial charge < -0.3 is 15.2 Å². The lowest BCUT2D eigenvalue weighted by atomic mass is 10.1. The largest absolute Gasteiger partial charge is 0.480 e. The zero-order valence-corrected chi connectivity index (χ0v) is 9.04.